The largest absolute Gasteiger partial charge is 0.421 e. The van der Waals surface area contributed by atoms with Gasteiger partial charge >= 0.3 is 0 Å². The summed E-state index contributed by atoms with van der Waals surface area (Å²) in [6.07, 6.45) is 0.591. The molecular formula is C13H15ClN4O3. The molecule has 1 aromatic heterocycles. The maximum atomic E-state index is 10.8. The van der Waals surface area contributed by atoms with E-state index in [2.05, 4.69) is 15.5 Å². The highest BCUT2D eigenvalue weighted by atomic mass is 35.5. The van der Waals surface area contributed by atoms with E-state index in [4.69, 9.17) is 16.0 Å². The molecule has 112 valence electrons. The Morgan fingerprint density at radius 3 is 2.81 bits per heavy atom. The zero-order valence-electron chi connectivity index (χ0n) is 11.7. The van der Waals surface area contributed by atoms with Crippen LogP contribution < -0.4 is 5.32 Å². The number of non-ortho nitro benzene ring substituents is 1. The summed E-state index contributed by atoms with van der Waals surface area (Å²) in [7, 11) is 0. The van der Waals surface area contributed by atoms with Gasteiger partial charge in [-0.25, -0.2) is 0 Å². The minimum atomic E-state index is -0.515. The Kier molecular flexibility index (Phi) is 4.87. The fourth-order valence-electron chi connectivity index (χ4n) is 1.74. The van der Waals surface area contributed by atoms with E-state index in [1.54, 1.807) is 6.07 Å². The van der Waals surface area contributed by atoms with Gasteiger partial charge in [0.1, 0.15) is 0 Å². The minimum absolute atomic E-state index is 0.112. The van der Waals surface area contributed by atoms with Gasteiger partial charge < -0.3 is 9.73 Å². The summed E-state index contributed by atoms with van der Waals surface area (Å²) in [5.74, 6) is 0.695. The lowest BCUT2D eigenvalue weighted by molar-refractivity contribution is -0.384. The molecule has 0 spiro atoms. The number of hydrogen-bond donors (Lipinski definition) is 1. The topological polar surface area (TPSA) is 94.1 Å². The van der Waals surface area contributed by atoms with Crippen molar-refractivity contribution >= 4 is 17.3 Å². The Hall–Kier alpha value is -1.99. The predicted octanol–water partition coefficient (Wildman–Crippen LogP) is 2.84. The summed E-state index contributed by atoms with van der Waals surface area (Å²) in [4.78, 5) is 10.3. The highest BCUT2D eigenvalue weighted by molar-refractivity contribution is 6.31. The molecule has 0 atom stereocenters. The van der Waals surface area contributed by atoms with Crippen molar-refractivity contribution in [3.8, 4) is 11.5 Å². The number of nitrogens with one attached hydrogen (secondary N) is 1. The molecule has 0 aliphatic carbocycles. The van der Waals surface area contributed by atoms with E-state index in [1.165, 1.54) is 12.1 Å². The summed E-state index contributed by atoms with van der Waals surface area (Å²) in [6.45, 7) is 4.81. The number of benzene rings is 1. The maximum absolute atomic E-state index is 10.8. The predicted molar refractivity (Wildman–Crippen MR) is 78.2 cm³/mol. The molecule has 0 fully saturated rings. The Morgan fingerprint density at radius 1 is 1.38 bits per heavy atom. The molecule has 21 heavy (non-hydrogen) atoms. The number of nitro groups is 1. The molecule has 0 amide bonds. The standard InChI is InChI=1S/C13H15ClN4O3/c1-8(2)15-4-3-12-16-17-13(21-12)9-5-10(14)7-11(6-9)18(19)20/h5-8,15H,3-4H2,1-2H3. The molecule has 7 nitrogen and oxygen atoms in total. The van der Waals surface area contributed by atoms with Crippen molar-refractivity contribution in [2.45, 2.75) is 26.3 Å². The van der Waals surface area contributed by atoms with Gasteiger partial charge in [-0.15, -0.1) is 10.2 Å². The van der Waals surface area contributed by atoms with Gasteiger partial charge in [0.2, 0.25) is 11.8 Å². The summed E-state index contributed by atoms with van der Waals surface area (Å²) in [5.41, 5.74) is 0.323. The monoisotopic (exact) mass is 310 g/mol. The van der Waals surface area contributed by atoms with Gasteiger partial charge in [-0.2, -0.15) is 0 Å². The normalized spacial score (nSPS) is 11.0. The van der Waals surface area contributed by atoms with E-state index in [-0.39, 0.29) is 16.6 Å². The van der Waals surface area contributed by atoms with Crippen LogP contribution in [0.2, 0.25) is 5.02 Å². The molecule has 0 radical (unpaired) electrons. The number of nitro benzene ring substituents is 1. The van der Waals surface area contributed by atoms with E-state index in [0.717, 1.165) is 6.54 Å². The average Bonchev–Trinajstić information content (AvgIpc) is 2.86. The molecule has 1 aromatic carbocycles. The molecule has 0 bridgehead atoms. The molecule has 0 unspecified atom stereocenters. The summed E-state index contributed by atoms with van der Waals surface area (Å²) in [5, 5.41) is 22.1. The van der Waals surface area contributed by atoms with Gasteiger partial charge in [0.15, 0.2) is 0 Å². The smallest absolute Gasteiger partial charge is 0.271 e. The lowest BCUT2D eigenvalue weighted by Gasteiger charge is -2.04. The van der Waals surface area contributed by atoms with Crippen molar-refractivity contribution < 1.29 is 9.34 Å². The summed E-state index contributed by atoms with van der Waals surface area (Å²) in [6, 6.07) is 4.56. The first-order chi connectivity index (χ1) is 9.95. The number of aromatic nitrogens is 2. The van der Waals surface area contributed by atoms with E-state index in [0.29, 0.717) is 23.9 Å². The highest BCUT2D eigenvalue weighted by Crippen LogP contribution is 2.27. The molecule has 0 saturated carbocycles. The van der Waals surface area contributed by atoms with Crippen LogP contribution in [0.4, 0.5) is 5.69 Å². The van der Waals surface area contributed by atoms with Crippen molar-refractivity contribution in [2.75, 3.05) is 6.54 Å². The van der Waals surface area contributed by atoms with Gasteiger partial charge in [-0.3, -0.25) is 10.1 Å². The van der Waals surface area contributed by atoms with Crippen LogP contribution in [-0.2, 0) is 6.42 Å². The molecule has 0 aliphatic rings. The number of hydrogen-bond acceptors (Lipinski definition) is 6. The van der Waals surface area contributed by atoms with Gasteiger partial charge in [0.25, 0.3) is 5.69 Å². The molecule has 2 aromatic rings. The molecular weight excluding hydrogens is 296 g/mol. The van der Waals surface area contributed by atoms with Crippen molar-refractivity contribution in [3.05, 3.63) is 39.2 Å². The van der Waals surface area contributed by atoms with Crippen LogP contribution in [-0.4, -0.2) is 27.7 Å². The van der Waals surface area contributed by atoms with Crippen LogP contribution in [0, 0.1) is 10.1 Å². The molecule has 1 heterocycles. The third-order valence-corrected chi connectivity index (χ3v) is 2.92. The third kappa shape index (κ3) is 4.24. The molecule has 0 saturated heterocycles. The molecule has 8 heteroatoms. The summed E-state index contributed by atoms with van der Waals surface area (Å²) < 4.78 is 5.50. The summed E-state index contributed by atoms with van der Waals surface area (Å²) >= 11 is 5.86. The SMILES string of the molecule is CC(C)NCCc1nnc(-c2cc(Cl)cc([N+](=O)[O-])c2)o1. The second-order valence-electron chi connectivity index (χ2n) is 4.81. The van der Waals surface area contributed by atoms with E-state index in [9.17, 15) is 10.1 Å². The van der Waals surface area contributed by atoms with Crippen LogP contribution in [0.15, 0.2) is 22.6 Å². The lowest BCUT2D eigenvalue weighted by Crippen LogP contribution is -2.25. The Labute approximate surface area is 126 Å². The lowest BCUT2D eigenvalue weighted by atomic mass is 10.2. The Bertz CT molecular complexity index is 642. The molecule has 1 N–H and O–H groups in total. The molecule has 0 aliphatic heterocycles. The first-order valence-electron chi connectivity index (χ1n) is 6.47. The number of rotatable bonds is 6. The van der Waals surface area contributed by atoms with Gasteiger partial charge in [0.05, 0.1) is 4.92 Å². The third-order valence-electron chi connectivity index (χ3n) is 2.70. The fraction of sp³-hybridized carbons (Fsp3) is 0.385. The van der Waals surface area contributed by atoms with Crippen LogP contribution in [0.25, 0.3) is 11.5 Å². The van der Waals surface area contributed by atoms with Crippen molar-refractivity contribution in [3.63, 3.8) is 0 Å². The van der Waals surface area contributed by atoms with Crippen molar-refractivity contribution in [2.24, 2.45) is 0 Å². The molecule has 2 rings (SSSR count). The average molecular weight is 311 g/mol. The van der Waals surface area contributed by atoms with Crippen LogP contribution in [0.3, 0.4) is 0 Å². The fourth-order valence-corrected chi connectivity index (χ4v) is 1.97. The second-order valence-corrected chi connectivity index (χ2v) is 5.25. The van der Waals surface area contributed by atoms with E-state index in [1.807, 2.05) is 13.8 Å². The van der Waals surface area contributed by atoms with Crippen molar-refractivity contribution in [1.82, 2.24) is 15.5 Å². The first-order valence-corrected chi connectivity index (χ1v) is 6.84. The second kappa shape index (κ2) is 6.64. The number of nitrogens with zero attached hydrogens (tertiary/aromatic N) is 3. The van der Waals surface area contributed by atoms with E-state index < -0.39 is 4.92 Å². The quantitative estimate of drug-likeness (QED) is 0.651. The van der Waals surface area contributed by atoms with E-state index >= 15 is 0 Å². The maximum Gasteiger partial charge on any atom is 0.271 e. The Morgan fingerprint density at radius 2 is 2.14 bits per heavy atom. The minimum Gasteiger partial charge on any atom is -0.421 e. The van der Waals surface area contributed by atoms with Crippen LogP contribution in [0.1, 0.15) is 19.7 Å². The zero-order chi connectivity index (χ0) is 15.4. The van der Waals surface area contributed by atoms with Gasteiger partial charge in [-0.05, 0) is 6.07 Å². The number of halogens is 1. The van der Waals surface area contributed by atoms with Crippen LogP contribution in [0.5, 0.6) is 0 Å². The van der Waals surface area contributed by atoms with Crippen molar-refractivity contribution in [1.29, 1.82) is 0 Å². The first kappa shape index (κ1) is 15.4. The van der Waals surface area contributed by atoms with Crippen LogP contribution >= 0.6 is 11.6 Å². The zero-order valence-corrected chi connectivity index (χ0v) is 12.4. The van der Waals surface area contributed by atoms with Gasteiger partial charge in [0, 0.05) is 41.7 Å². The highest BCUT2D eigenvalue weighted by Gasteiger charge is 2.14. The van der Waals surface area contributed by atoms with Gasteiger partial charge in [-0.1, -0.05) is 25.4 Å². The Balaban J connectivity index is 2.15.